The Morgan fingerprint density at radius 1 is 0.622 bits per heavy atom. The summed E-state index contributed by atoms with van der Waals surface area (Å²) in [6.45, 7) is 9.14. The summed E-state index contributed by atoms with van der Waals surface area (Å²) in [5, 5.41) is 3.90. The van der Waals surface area contributed by atoms with E-state index in [4.69, 9.17) is 0 Å². The molecule has 1 aliphatic carbocycles. The van der Waals surface area contributed by atoms with Crippen molar-refractivity contribution in [2.24, 2.45) is 0 Å². The summed E-state index contributed by atoms with van der Waals surface area (Å²) in [6, 6.07) is 33.0. The highest BCUT2D eigenvalue weighted by molar-refractivity contribution is 6.04. The van der Waals surface area contributed by atoms with Gasteiger partial charge in [0.1, 0.15) is 0 Å². The second-order valence-electron chi connectivity index (χ2n) is 10.8. The van der Waals surface area contributed by atoms with Crippen LogP contribution in [0.1, 0.15) is 36.1 Å². The van der Waals surface area contributed by atoms with E-state index in [0.29, 0.717) is 0 Å². The minimum absolute atomic E-state index is 0.131. The molecule has 37 heavy (non-hydrogen) atoms. The Balaban J connectivity index is 1.51. The van der Waals surface area contributed by atoms with Gasteiger partial charge < -0.3 is 0 Å². The van der Waals surface area contributed by atoms with Crippen LogP contribution >= 0.6 is 0 Å². The van der Waals surface area contributed by atoms with Crippen LogP contribution in [0.15, 0.2) is 110 Å². The summed E-state index contributed by atoms with van der Waals surface area (Å²) in [5.74, 6) is 0. The van der Waals surface area contributed by atoms with E-state index in [1.807, 2.05) is 0 Å². The summed E-state index contributed by atoms with van der Waals surface area (Å²) in [7, 11) is 0. The van der Waals surface area contributed by atoms with E-state index in [1.54, 1.807) is 0 Å². The molecular formula is C35H30N2+2. The normalized spacial score (nSPS) is 13.6. The summed E-state index contributed by atoms with van der Waals surface area (Å²) in [6.07, 6.45) is 6.89. The fourth-order valence-corrected chi connectivity index (χ4v) is 6.40. The van der Waals surface area contributed by atoms with Gasteiger partial charge in [-0.25, -0.2) is 0 Å². The topological polar surface area (TPSA) is 7.76 Å². The first-order valence-corrected chi connectivity index (χ1v) is 13.0. The van der Waals surface area contributed by atoms with E-state index in [9.17, 15) is 0 Å². The van der Waals surface area contributed by atoms with E-state index in [-0.39, 0.29) is 5.41 Å². The molecule has 0 atom stereocenters. The van der Waals surface area contributed by atoms with Crippen molar-refractivity contribution in [1.82, 2.24) is 0 Å². The molecule has 0 bridgehead atoms. The number of hydrogen-bond donors (Lipinski definition) is 0. The molecule has 4 aromatic carbocycles. The second kappa shape index (κ2) is 7.85. The molecule has 2 heteroatoms. The Labute approximate surface area is 218 Å². The maximum Gasteiger partial charge on any atom is 0.219 e. The second-order valence-corrected chi connectivity index (χ2v) is 10.8. The zero-order chi connectivity index (χ0) is 25.3. The molecule has 0 N–H and O–H groups in total. The van der Waals surface area contributed by atoms with Crippen molar-refractivity contribution >= 4 is 21.7 Å². The van der Waals surface area contributed by atoms with Gasteiger partial charge >= 0.3 is 0 Å². The lowest BCUT2D eigenvalue weighted by molar-refractivity contribution is -0.594. The van der Waals surface area contributed by atoms with Crippen LogP contribution in [-0.4, -0.2) is 0 Å². The highest BCUT2D eigenvalue weighted by atomic mass is 15.0. The molecule has 7 rings (SSSR count). The van der Waals surface area contributed by atoms with Crippen LogP contribution in [0.4, 0.5) is 0 Å². The number of aryl methyl sites for hydroxylation is 2. The standard InChI is InChI=1S/C35H30N2/c1-23-11-5-8-14-30(23)36-20-19-26-25(21-36)17-18-28-33-27-13-7-10-16-32(27)37(31-15-9-6-12-24(31)2)22-29(33)35(3,4)34(26)28/h5-22H,1-4H3/q+2. The van der Waals surface area contributed by atoms with Crippen molar-refractivity contribution in [2.75, 3.05) is 0 Å². The monoisotopic (exact) mass is 478 g/mol. The molecule has 0 radical (unpaired) electrons. The van der Waals surface area contributed by atoms with Crippen LogP contribution in [-0.2, 0) is 5.41 Å². The number of nitrogens with zero attached hydrogens (tertiary/aromatic N) is 2. The lowest BCUT2D eigenvalue weighted by atomic mass is 9.81. The van der Waals surface area contributed by atoms with Gasteiger partial charge in [0, 0.05) is 57.3 Å². The molecule has 0 saturated carbocycles. The largest absolute Gasteiger partial charge is 0.219 e. The Morgan fingerprint density at radius 2 is 1.30 bits per heavy atom. The van der Waals surface area contributed by atoms with Crippen molar-refractivity contribution in [2.45, 2.75) is 33.1 Å². The molecule has 1 aliphatic rings. The lowest BCUT2D eigenvalue weighted by Crippen LogP contribution is -2.34. The molecule has 0 aliphatic heterocycles. The first kappa shape index (κ1) is 21.9. The maximum absolute atomic E-state index is 2.39. The number of aromatic nitrogens is 2. The van der Waals surface area contributed by atoms with E-state index in [1.165, 1.54) is 66.4 Å². The maximum atomic E-state index is 2.39. The molecule has 0 saturated heterocycles. The van der Waals surface area contributed by atoms with Crippen molar-refractivity contribution in [3.8, 4) is 22.5 Å². The third-order valence-corrected chi connectivity index (χ3v) is 8.26. The zero-order valence-corrected chi connectivity index (χ0v) is 21.8. The summed E-state index contributed by atoms with van der Waals surface area (Å²) < 4.78 is 4.64. The number of para-hydroxylation sites is 3. The third kappa shape index (κ3) is 3.12. The Morgan fingerprint density at radius 3 is 2.05 bits per heavy atom. The van der Waals surface area contributed by atoms with Crippen LogP contribution in [0.2, 0.25) is 0 Å². The fourth-order valence-electron chi connectivity index (χ4n) is 6.40. The first-order chi connectivity index (χ1) is 17.9. The van der Waals surface area contributed by atoms with E-state index in [0.717, 1.165) is 0 Å². The minimum Gasteiger partial charge on any atom is -0.166 e. The third-order valence-electron chi connectivity index (χ3n) is 8.26. The van der Waals surface area contributed by atoms with Crippen molar-refractivity contribution in [3.05, 3.63) is 132 Å². The van der Waals surface area contributed by atoms with E-state index >= 15 is 0 Å². The summed E-state index contributed by atoms with van der Waals surface area (Å²) in [4.78, 5) is 0. The van der Waals surface area contributed by atoms with Crippen LogP contribution in [0.25, 0.3) is 44.2 Å². The van der Waals surface area contributed by atoms with Gasteiger partial charge in [-0.1, -0.05) is 68.4 Å². The van der Waals surface area contributed by atoms with Crippen LogP contribution in [0, 0.1) is 13.8 Å². The quantitative estimate of drug-likeness (QED) is 0.228. The summed E-state index contributed by atoms with van der Waals surface area (Å²) >= 11 is 0. The Hall–Kier alpha value is -4.30. The van der Waals surface area contributed by atoms with Gasteiger partial charge in [0.2, 0.25) is 16.9 Å². The molecule has 2 aromatic heterocycles. The lowest BCUT2D eigenvalue weighted by Gasteiger charge is -2.22. The number of hydrogen-bond acceptors (Lipinski definition) is 0. The van der Waals surface area contributed by atoms with E-state index < -0.39 is 0 Å². The molecule has 0 unspecified atom stereocenters. The highest BCUT2D eigenvalue weighted by Crippen LogP contribution is 2.52. The van der Waals surface area contributed by atoms with Crippen LogP contribution in [0.3, 0.4) is 0 Å². The van der Waals surface area contributed by atoms with E-state index in [2.05, 4.69) is 146 Å². The number of pyridine rings is 2. The molecule has 0 spiro atoms. The van der Waals surface area contributed by atoms with Crippen molar-refractivity contribution in [3.63, 3.8) is 0 Å². The van der Waals surface area contributed by atoms with Crippen LogP contribution in [0.5, 0.6) is 0 Å². The molecule has 2 heterocycles. The highest BCUT2D eigenvalue weighted by Gasteiger charge is 2.41. The average Bonchev–Trinajstić information content (AvgIpc) is 3.15. The fraction of sp³-hybridized carbons (Fsp3) is 0.143. The number of rotatable bonds is 2. The molecule has 6 aromatic rings. The molecule has 0 fully saturated rings. The smallest absolute Gasteiger partial charge is 0.166 e. The van der Waals surface area contributed by atoms with Crippen molar-refractivity contribution < 1.29 is 9.13 Å². The van der Waals surface area contributed by atoms with Gasteiger partial charge in [-0.05, 0) is 42.5 Å². The van der Waals surface area contributed by atoms with Crippen LogP contribution < -0.4 is 9.13 Å². The predicted octanol–water partition coefficient (Wildman–Crippen LogP) is 7.47. The van der Waals surface area contributed by atoms with Crippen molar-refractivity contribution in [1.29, 1.82) is 0 Å². The molecule has 178 valence electrons. The zero-order valence-electron chi connectivity index (χ0n) is 21.8. The van der Waals surface area contributed by atoms with Gasteiger partial charge in [-0.15, -0.1) is 0 Å². The average molecular weight is 479 g/mol. The van der Waals surface area contributed by atoms with Gasteiger partial charge in [0.15, 0.2) is 18.6 Å². The molecule has 0 amide bonds. The minimum atomic E-state index is -0.131. The van der Waals surface area contributed by atoms with Gasteiger partial charge in [0.05, 0.1) is 5.39 Å². The predicted molar refractivity (Wildman–Crippen MR) is 152 cm³/mol. The Kier molecular flexibility index (Phi) is 4.65. The number of benzene rings is 4. The van der Waals surface area contributed by atoms with Gasteiger partial charge in [-0.2, -0.15) is 9.13 Å². The first-order valence-electron chi connectivity index (χ1n) is 13.0. The number of fused-ring (bicyclic) bond motifs is 7. The van der Waals surface area contributed by atoms with Gasteiger partial charge in [-0.3, -0.25) is 0 Å². The molecular weight excluding hydrogens is 448 g/mol. The molecule has 2 nitrogen and oxygen atoms in total. The van der Waals surface area contributed by atoms with Gasteiger partial charge in [0.25, 0.3) is 0 Å². The SMILES string of the molecule is Cc1ccccc1-[n+]1ccc2c3c(ccc2c1)-c1c(c[n+](-c2ccccc2C)c2ccccc12)C3(C)C. The summed E-state index contributed by atoms with van der Waals surface area (Å²) in [5.41, 5.74) is 11.6. The Bertz CT molecular complexity index is 1880.